The molecule has 0 fully saturated rings. The van der Waals surface area contributed by atoms with E-state index < -0.39 is 0 Å². The van der Waals surface area contributed by atoms with Crippen molar-refractivity contribution in [2.24, 2.45) is 0 Å². The van der Waals surface area contributed by atoms with Gasteiger partial charge in [-0.25, -0.2) is 0 Å². The number of aromatic amines is 1. The lowest BCUT2D eigenvalue weighted by Crippen LogP contribution is -2.27. The minimum absolute atomic E-state index is 0.0582. The summed E-state index contributed by atoms with van der Waals surface area (Å²) in [5.74, 6) is 0.629. The van der Waals surface area contributed by atoms with Crippen molar-refractivity contribution in [1.29, 1.82) is 0 Å². The summed E-state index contributed by atoms with van der Waals surface area (Å²) in [4.78, 5) is 12.5. The molecule has 0 radical (unpaired) electrons. The Morgan fingerprint density at radius 2 is 2.47 bits per heavy atom. The van der Waals surface area contributed by atoms with Crippen molar-refractivity contribution in [3.63, 3.8) is 0 Å². The van der Waals surface area contributed by atoms with Crippen LogP contribution in [0.25, 0.3) is 10.7 Å². The van der Waals surface area contributed by atoms with Gasteiger partial charge in [-0.15, -0.1) is 11.3 Å². The van der Waals surface area contributed by atoms with E-state index in [1.54, 1.807) is 15.9 Å². The first-order chi connectivity index (χ1) is 9.22. The standard InChI is InChI=1S/C11H14N4O2S2/c16-6-4-12-9(17)3-5-15-10(13-14-11(15)18)8-2-1-7-19-8/h1-2,7,16H,3-6H2,(H,12,17)(H,14,18). The minimum Gasteiger partial charge on any atom is -0.395 e. The van der Waals surface area contributed by atoms with E-state index in [1.807, 2.05) is 17.5 Å². The molecule has 0 saturated carbocycles. The smallest absolute Gasteiger partial charge is 0.221 e. The Morgan fingerprint density at radius 3 is 3.16 bits per heavy atom. The number of nitrogens with one attached hydrogen (secondary N) is 2. The van der Waals surface area contributed by atoms with Crippen molar-refractivity contribution in [3.8, 4) is 10.7 Å². The molecule has 0 unspecified atom stereocenters. The van der Waals surface area contributed by atoms with Crippen molar-refractivity contribution in [2.75, 3.05) is 13.2 Å². The van der Waals surface area contributed by atoms with Crippen LogP contribution in [0.15, 0.2) is 17.5 Å². The van der Waals surface area contributed by atoms with Gasteiger partial charge in [0.25, 0.3) is 0 Å². The van der Waals surface area contributed by atoms with Crippen LogP contribution < -0.4 is 5.32 Å². The molecule has 1 amide bonds. The van der Waals surface area contributed by atoms with Crippen LogP contribution in [0.4, 0.5) is 0 Å². The second-order valence-electron chi connectivity index (χ2n) is 3.80. The van der Waals surface area contributed by atoms with E-state index in [2.05, 4.69) is 15.5 Å². The van der Waals surface area contributed by atoms with Crippen LogP contribution in [0.3, 0.4) is 0 Å². The molecule has 102 valence electrons. The van der Waals surface area contributed by atoms with Gasteiger partial charge in [0.1, 0.15) is 0 Å². The minimum atomic E-state index is -0.116. The summed E-state index contributed by atoms with van der Waals surface area (Å²) >= 11 is 6.73. The Hall–Kier alpha value is -1.51. The Kier molecular flexibility index (Phi) is 4.83. The molecule has 0 aliphatic rings. The molecule has 2 heterocycles. The van der Waals surface area contributed by atoms with Crippen LogP contribution in [0.5, 0.6) is 0 Å². The van der Waals surface area contributed by atoms with E-state index >= 15 is 0 Å². The van der Waals surface area contributed by atoms with Crippen molar-refractivity contribution >= 4 is 29.5 Å². The summed E-state index contributed by atoms with van der Waals surface area (Å²) in [6, 6.07) is 3.90. The summed E-state index contributed by atoms with van der Waals surface area (Å²) in [7, 11) is 0. The fraction of sp³-hybridized carbons (Fsp3) is 0.364. The predicted octanol–water partition coefficient (Wildman–Crippen LogP) is 1.17. The molecule has 0 bridgehead atoms. The predicted molar refractivity (Wildman–Crippen MR) is 75.4 cm³/mol. The lowest BCUT2D eigenvalue weighted by Gasteiger charge is -2.06. The molecule has 0 aliphatic carbocycles. The van der Waals surface area contributed by atoms with E-state index in [0.29, 0.717) is 17.7 Å². The van der Waals surface area contributed by atoms with Crippen LogP contribution in [-0.2, 0) is 11.3 Å². The zero-order chi connectivity index (χ0) is 13.7. The van der Waals surface area contributed by atoms with Gasteiger partial charge in [0, 0.05) is 19.5 Å². The Labute approximate surface area is 119 Å². The Bertz CT molecular complexity index is 588. The fourth-order valence-corrected chi connectivity index (χ4v) is 2.56. The van der Waals surface area contributed by atoms with Crippen molar-refractivity contribution in [3.05, 3.63) is 22.3 Å². The van der Waals surface area contributed by atoms with E-state index in [-0.39, 0.29) is 19.1 Å². The van der Waals surface area contributed by atoms with Gasteiger partial charge in [-0.2, -0.15) is 5.10 Å². The van der Waals surface area contributed by atoms with Gasteiger partial charge in [0.05, 0.1) is 11.5 Å². The summed E-state index contributed by atoms with van der Waals surface area (Å²) in [6.45, 7) is 0.671. The second-order valence-corrected chi connectivity index (χ2v) is 5.14. The lowest BCUT2D eigenvalue weighted by molar-refractivity contribution is -0.121. The lowest BCUT2D eigenvalue weighted by atomic mass is 10.3. The average molecular weight is 298 g/mol. The topological polar surface area (TPSA) is 82.9 Å². The number of hydrogen-bond acceptors (Lipinski definition) is 5. The maximum absolute atomic E-state index is 11.5. The molecule has 6 nitrogen and oxygen atoms in total. The molecule has 2 rings (SSSR count). The van der Waals surface area contributed by atoms with Crippen LogP contribution in [0.2, 0.25) is 0 Å². The zero-order valence-corrected chi connectivity index (χ0v) is 11.8. The third-order valence-corrected chi connectivity index (χ3v) is 3.67. The summed E-state index contributed by atoms with van der Waals surface area (Å²) in [5.41, 5.74) is 0. The maximum atomic E-state index is 11.5. The number of aliphatic hydroxyl groups excluding tert-OH is 1. The number of carbonyl (C=O) groups is 1. The van der Waals surface area contributed by atoms with E-state index in [0.717, 1.165) is 10.7 Å². The van der Waals surface area contributed by atoms with Gasteiger partial charge in [-0.1, -0.05) is 6.07 Å². The van der Waals surface area contributed by atoms with E-state index in [9.17, 15) is 4.79 Å². The number of aromatic nitrogens is 3. The summed E-state index contributed by atoms with van der Waals surface area (Å²) in [5, 5.41) is 20.1. The second kappa shape index (κ2) is 6.60. The molecule has 2 aromatic rings. The van der Waals surface area contributed by atoms with Gasteiger partial charge in [0.15, 0.2) is 10.6 Å². The number of amides is 1. The van der Waals surface area contributed by atoms with Crippen LogP contribution in [-0.4, -0.2) is 38.9 Å². The number of aliphatic hydroxyl groups is 1. The number of nitrogens with zero attached hydrogens (tertiary/aromatic N) is 2. The first-order valence-corrected chi connectivity index (χ1v) is 7.08. The summed E-state index contributed by atoms with van der Waals surface area (Å²) in [6.07, 6.45) is 0.298. The number of H-pyrrole nitrogens is 1. The van der Waals surface area contributed by atoms with Gasteiger partial charge in [-0.3, -0.25) is 14.5 Å². The van der Waals surface area contributed by atoms with Crippen molar-refractivity contribution in [1.82, 2.24) is 20.1 Å². The highest BCUT2D eigenvalue weighted by Gasteiger charge is 2.10. The molecule has 0 aliphatic heterocycles. The molecule has 19 heavy (non-hydrogen) atoms. The maximum Gasteiger partial charge on any atom is 0.221 e. The fourth-order valence-electron chi connectivity index (χ4n) is 1.62. The molecular formula is C11H14N4O2S2. The van der Waals surface area contributed by atoms with Gasteiger partial charge in [0.2, 0.25) is 5.91 Å². The van der Waals surface area contributed by atoms with Gasteiger partial charge in [-0.05, 0) is 23.7 Å². The molecule has 3 N–H and O–H groups in total. The van der Waals surface area contributed by atoms with E-state index in [4.69, 9.17) is 17.3 Å². The van der Waals surface area contributed by atoms with Crippen molar-refractivity contribution in [2.45, 2.75) is 13.0 Å². The monoisotopic (exact) mass is 298 g/mol. The Morgan fingerprint density at radius 1 is 1.63 bits per heavy atom. The first-order valence-electron chi connectivity index (χ1n) is 5.79. The molecular weight excluding hydrogens is 284 g/mol. The average Bonchev–Trinajstić information content (AvgIpc) is 3.03. The largest absolute Gasteiger partial charge is 0.395 e. The molecule has 2 aromatic heterocycles. The highest BCUT2D eigenvalue weighted by molar-refractivity contribution is 7.71. The highest BCUT2D eigenvalue weighted by atomic mass is 32.1. The molecule has 0 saturated heterocycles. The molecule has 0 spiro atoms. The Balaban J connectivity index is 2.06. The number of carbonyl (C=O) groups excluding carboxylic acids is 1. The number of rotatable bonds is 6. The zero-order valence-electron chi connectivity index (χ0n) is 10.1. The number of hydrogen-bond donors (Lipinski definition) is 3. The van der Waals surface area contributed by atoms with Gasteiger partial charge < -0.3 is 10.4 Å². The quantitative estimate of drug-likeness (QED) is 0.699. The third-order valence-electron chi connectivity index (χ3n) is 2.50. The number of thiophene rings is 1. The van der Waals surface area contributed by atoms with Crippen molar-refractivity contribution < 1.29 is 9.90 Å². The normalized spacial score (nSPS) is 10.6. The van der Waals surface area contributed by atoms with Crippen LogP contribution in [0, 0.1) is 4.77 Å². The SMILES string of the molecule is O=C(CCn1c(-c2cccs2)n[nH]c1=S)NCCO. The van der Waals surface area contributed by atoms with E-state index in [1.165, 1.54) is 0 Å². The molecule has 0 atom stereocenters. The highest BCUT2D eigenvalue weighted by Crippen LogP contribution is 2.22. The third kappa shape index (κ3) is 3.49. The summed E-state index contributed by atoms with van der Waals surface area (Å²) < 4.78 is 2.30. The molecule has 8 heteroatoms. The first kappa shape index (κ1) is 13.9. The van der Waals surface area contributed by atoms with Crippen LogP contribution in [0.1, 0.15) is 6.42 Å². The van der Waals surface area contributed by atoms with Gasteiger partial charge >= 0.3 is 0 Å². The molecule has 0 aromatic carbocycles. The van der Waals surface area contributed by atoms with Crippen LogP contribution >= 0.6 is 23.6 Å².